The van der Waals surface area contributed by atoms with E-state index in [1.807, 2.05) is 12.1 Å². The van der Waals surface area contributed by atoms with Crippen LogP contribution in [0.25, 0.3) is 0 Å². The Kier molecular flexibility index (Phi) is 9.47. The maximum atomic E-state index is 14.0. The number of anilines is 2. The van der Waals surface area contributed by atoms with Crippen molar-refractivity contribution in [1.29, 1.82) is 0 Å². The maximum Gasteiger partial charge on any atom is 0.269 e. The van der Waals surface area contributed by atoms with E-state index in [0.29, 0.717) is 43.0 Å². The van der Waals surface area contributed by atoms with Crippen molar-refractivity contribution in [2.24, 2.45) is 11.8 Å². The van der Waals surface area contributed by atoms with Gasteiger partial charge in [0.05, 0.1) is 28.8 Å². The van der Waals surface area contributed by atoms with Gasteiger partial charge in [0.25, 0.3) is 11.6 Å². The van der Waals surface area contributed by atoms with Crippen LogP contribution in [-0.4, -0.2) is 61.6 Å². The highest BCUT2D eigenvalue weighted by molar-refractivity contribution is 6.07. The van der Waals surface area contributed by atoms with Crippen LogP contribution in [0.3, 0.4) is 0 Å². The summed E-state index contributed by atoms with van der Waals surface area (Å²) in [6.45, 7) is 3.83. The molecule has 2 aromatic carbocycles. The predicted octanol–water partition coefficient (Wildman–Crippen LogP) is 2.68. The number of hydrogen-bond donors (Lipinski definition) is 4. The summed E-state index contributed by atoms with van der Waals surface area (Å²) in [5.41, 5.74) is 0.333. The number of fused-ring (bicyclic) bond motifs is 1. The first-order valence-electron chi connectivity index (χ1n) is 14.8. The van der Waals surface area contributed by atoms with Crippen molar-refractivity contribution in [2.75, 3.05) is 29.9 Å². The smallest absolute Gasteiger partial charge is 0.269 e. The van der Waals surface area contributed by atoms with Crippen LogP contribution in [-0.2, 0) is 34.7 Å². The van der Waals surface area contributed by atoms with E-state index in [4.69, 9.17) is 5.11 Å². The Hall–Kier alpha value is -4.46. The van der Waals surface area contributed by atoms with Gasteiger partial charge in [0.2, 0.25) is 5.91 Å². The number of aryl methyl sites for hydroxylation is 1. The molecule has 1 fully saturated rings. The van der Waals surface area contributed by atoms with E-state index in [1.54, 1.807) is 42.1 Å². The molecule has 2 aliphatic heterocycles. The Morgan fingerprint density at radius 2 is 2.16 bits per heavy atom. The number of carbonyl (C=O) groups is 2. The normalized spacial score (nSPS) is 20.6. The van der Waals surface area contributed by atoms with Crippen LogP contribution < -0.4 is 15.5 Å². The summed E-state index contributed by atoms with van der Waals surface area (Å²) in [6, 6.07) is 11.3. The molecule has 232 valence electrons. The zero-order valence-electron chi connectivity index (χ0n) is 24.6. The van der Waals surface area contributed by atoms with Gasteiger partial charge in [-0.1, -0.05) is 36.4 Å². The molecule has 0 aliphatic carbocycles. The number of aliphatic hydroxyl groups is 2. The second kappa shape index (κ2) is 13.5. The number of non-ortho nitro benzene ring substituents is 1. The summed E-state index contributed by atoms with van der Waals surface area (Å²) in [6.07, 6.45) is 8.03. The van der Waals surface area contributed by atoms with Crippen LogP contribution in [0.2, 0.25) is 0 Å². The molecule has 0 radical (unpaired) electrons. The average molecular weight is 604 g/mol. The number of hydrogen-bond acceptors (Lipinski definition) is 9. The first-order valence-corrected chi connectivity index (χ1v) is 14.8. The third kappa shape index (κ3) is 6.54. The first-order chi connectivity index (χ1) is 21.2. The van der Waals surface area contributed by atoms with Gasteiger partial charge in [-0.3, -0.25) is 24.4 Å². The lowest BCUT2D eigenvalue weighted by atomic mass is 9.82. The number of allylic oxidation sites excluding steroid dienone is 1. The summed E-state index contributed by atoms with van der Waals surface area (Å²) < 4.78 is 1.65. The van der Waals surface area contributed by atoms with Crippen molar-refractivity contribution < 1.29 is 24.7 Å². The number of piperidine rings is 1. The molecule has 0 spiro atoms. The van der Waals surface area contributed by atoms with Crippen molar-refractivity contribution in [1.82, 2.24) is 20.3 Å². The van der Waals surface area contributed by atoms with Gasteiger partial charge in [0, 0.05) is 61.6 Å². The van der Waals surface area contributed by atoms with Gasteiger partial charge in [-0.25, -0.2) is 0 Å². The van der Waals surface area contributed by atoms with E-state index in [-0.39, 0.29) is 36.2 Å². The van der Waals surface area contributed by atoms with Crippen molar-refractivity contribution >= 4 is 28.9 Å². The topological polar surface area (TPSA) is 176 Å². The SMILES string of the molecule is C[C@H](/C=C/CCn1cc(CCO)nn1)[C@@]1(O)C(=O)N(Cc2cccc(NC(=O)C3CCCNC3)c2)c2ccc([N+](=O)[O-])cc21. The minimum absolute atomic E-state index is 0.0142. The first kappa shape index (κ1) is 31.0. The molecule has 3 heterocycles. The van der Waals surface area contributed by atoms with E-state index in [9.17, 15) is 24.8 Å². The van der Waals surface area contributed by atoms with Gasteiger partial charge >= 0.3 is 0 Å². The third-order valence-electron chi connectivity index (χ3n) is 8.23. The number of aromatic nitrogens is 3. The number of nitrogens with zero attached hydrogens (tertiary/aromatic N) is 5. The monoisotopic (exact) mass is 603 g/mol. The molecular weight excluding hydrogens is 566 g/mol. The van der Waals surface area contributed by atoms with E-state index >= 15 is 0 Å². The molecule has 0 bridgehead atoms. The molecule has 0 saturated carbocycles. The Bertz CT molecular complexity index is 1550. The van der Waals surface area contributed by atoms with Gasteiger partial charge in [-0.2, -0.15) is 0 Å². The van der Waals surface area contributed by atoms with E-state index in [0.717, 1.165) is 24.9 Å². The predicted molar refractivity (Wildman–Crippen MR) is 163 cm³/mol. The summed E-state index contributed by atoms with van der Waals surface area (Å²) in [7, 11) is 0. The van der Waals surface area contributed by atoms with Crippen LogP contribution >= 0.6 is 0 Å². The van der Waals surface area contributed by atoms with Crippen LogP contribution in [0, 0.1) is 22.0 Å². The minimum Gasteiger partial charge on any atom is -0.396 e. The van der Waals surface area contributed by atoms with Gasteiger partial charge in [0.1, 0.15) is 0 Å². The number of nitro benzene ring substituents is 1. The van der Waals surface area contributed by atoms with E-state index in [2.05, 4.69) is 20.9 Å². The lowest BCUT2D eigenvalue weighted by Gasteiger charge is -2.27. The molecule has 13 nitrogen and oxygen atoms in total. The number of amides is 2. The van der Waals surface area contributed by atoms with Gasteiger partial charge in [-0.15, -0.1) is 5.10 Å². The van der Waals surface area contributed by atoms with Crippen molar-refractivity contribution in [3.8, 4) is 0 Å². The molecule has 1 aromatic heterocycles. The molecule has 5 rings (SSSR count). The quantitative estimate of drug-likeness (QED) is 0.138. The number of rotatable bonds is 12. The van der Waals surface area contributed by atoms with E-state index in [1.165, 1.54) is 23.1 Å². The third-order valence-corrected chi connectivity index (χ3v) is 8.23. The Labute approximate surface area is 254 Å². The highest BCUT2D eigenvalue weighted by Gasteiger charge is 2.53. The van der Waals surface area contributed by atoms with E-state index < -0.39 is 22.3 Å². The highest BCUT2D eigenvalue weighted by atomic mass is 16.6. The molecule has 3 atom stereocenters. The molecule has 2 aliphatic rings. The second-order valence-electron chi connectivity index (χ2n) is 11.3. The molecule has 1 saturated heterocycles. The standard InChI is InChI=1S/C31H37N7O6/c1-21(6-2-3-14-36-20-25(12-15-39)34-35-36)31(42)27-17-26(38(43)44)10-11-28(27)37(30(31)41)19-22-7-4-9-24(16-22)33-29(40)23-8-5-13-32-18-23/h2,4,6-7,9-11,16-17,20-21,23,32,39,42H,3,5,8,12-15,18-19H2,1H3,(H,33,40)/b6-2+/t21-,23?,31+/m1/s1. The Morgan fingerprint density at radius 3 is 2.91 bits per heavy atom. The summed E-state index contributed by atoms with van der Waals surface area (Å²) in [5.74, 6) is -1.47. The Balaban J connectivity index is 1.34. The zero-order chi connectivity index (χ0) is 31.3. The number of benzene rings is 2. The summed E-state index contributed by atoms with van der Waals surface area (Å²) in [4.78, 5) is 39.2. The second-order valence-corrected chi connectivity index (χ2v) is 11.3. The lowest BCUT2D eigenvalue weighted by molar-refractivity contribution is -0.385. The molecule has 44 heavy (non-hydrogen) atoms. The molecule has 3 aromatic rings. The molecular formula is C31H37N7O6. The molecule has 13 heteroatoms. The summed E-state index contributed by atoms with van der Waals surface area (Å²) in [5, 5.41) is 46.9. The fraction of sp³-hybridized carbons (Fsp3) is 0.419. The van der Waals surface area contributed by atoms with Crippen molar-refractivity contribution in [3.63, 3.8) is 0 Å². The molecule has 4 N–H and O–H groups in total. The van der Waals surface area contributed by atoms with Crippen LogP contribution in [0.15, 0.2) is 60.8 Å². The Morgan fingerprint density at radius 1 is 1.32 bits per heavy atom. The fourth-order valence-electron chi connectivity index (χ4n) is 5.78. The van der Waals surface area contributed by atoms with Gasteiger partial charge < -0.3 is 25.7 Å². The molecule has 1 unspecified atom stereocenters. The maximum absolute atomic E-state index is 14.0. The number of aliphatic hydroxyl groups excluding tert-OH is 1. The number of nitrogens with one attached hydrogen (secondary N) is 2. The van der Waals surface area contributed by atoms with Crippen LogP contribution in [0.5, 0.6) is 0 Å². The minimum atomic E-state index is -2.03. The fourth-order valence-corrected chi connectivity index (χ4v) is 5.78. The number of nitro groups is 1. The largest absolute Gasteiger partial charge is 0.396 e. The zero-order valence-corrected chi connectivity index (χ0v) is 24.6. The van der Waals surface area contributed by atoms with Crippen LogP contribution in [0.4, 0.5) is 17.1 Å². The van der Waals surface area contributed by atoms with Gasteiger partial charge in [0.15, 0.2) is 5.60 Å². The van der Waals surface area contributed by atoms with Crippen molar-refractivity contribution in [3.05, 3.63) is 87.7 Å². The van der Waals surface area contributed by atoms with Crippen LogP contribution in [0.1, 0.15) is 43.0 Å². The average Bonchev–Trinajstić information content (AvgIpc) is 3.56. The van der Waals surface area contributed by atoms with Crippen molar-refractivity contribution in [2.45, 2.75) is 51.3 Å². The lowest BCUT2D eigenvalue weighted by Crippen LogP contribution is -2.44. The van der Waals surface area contributed by atoms with Gasteiger partial charge in [-0.05, 0) is 49.6 Å². The highest BCUT2D eigenvalue weighted by Crippen LogP contribution is 2.47. The number of carbonyl (C=O) groups excluding carboxylic acids is 2. The summed E-state index contributed by atoms with van der Waals surface area (Å²) >= 11 is 0. The molecule has 2 amide bonds.